The molecule has 21 heavy (non-hydrogen) atoms. The van der Waals surface area contributed by atoms with Gasteiger partial charge in [0.2, 0.25) is 0 Å². The molecule has 0 bridgehead atoms. The van der Waals surface area contributed by atoms with Gasteiger partial charge in [0.15, 0.2) is 5.82 Å². The van der Waals surface area contributed by atoms with Crippen LogP contribution in [0.4, 0.5) is 8.78 Å². The van der Waals surface area contributed by atoms with Crippen LogP contribution < -0.4 is 0 Å². The number of hydrogen-bond acceptors (Lipinski definition) is 2. The molecule has 1 N–H and O–H groups in total. The number of carbonyl (C=O) groups excluding carboxylic acids is 1. The van der Waals surface area contributed by atoms with E-state index in [1.165, 1.54) is 4.90 Å². The van der Waals surface area contributed by atoms with Crippen LogP contribution in [0.15, 0.2) is 12.1 Å². The molecule has 0 saturated carbocycles. The van der Waals surface area contributed by atoms with Crippen LogP contribution in [0.1, 0.15) is 30.1 Å². The van der Waals surface area contributed by atoms with Gasteiger partial charge >= 0.3 is 5.97 Å². The highest BCUT2D eigenvalue weighted by atomic mass is 35.5. The molecule has 1 saturated heterocycles. The van der Waals surface area contributed by atoms with E-state index in [2.05, 4.69) is 0 Å². The highest BCUT2D eigenvalue weighted by Gasteiger charge is 2.34. The Morgan fingerprint density at radius 3 is 2.62 bits per heavy atom. The maximum atomic E-state index is 13.9. The summed E-state index contributed by atoms with van der Waals surface area (Å²) in [5.74, 6) is -4.40. The van der Waals surface area contributed by atoms with E-state index in [0.717, 1.165) is 12.1 Å². The zero-order valence-corrected chi connectivity index (χ0v) is 12.0. The third kappa shape index (κ3) is 3.00. The third-order valence-corrected chi connectivity index (χ3v) is 4.10. The van der Waals surface area contributed by atoms with Crippen molar-refractivity contribution in [1.29, 1.82) is 0 Å². The lowest BCUT2D eigenvalue weighted by Gasteiger charge is -2.36. The summed E-state index contributed by atoms with van der Waals surface area (Å²) >= 11 is 5.47. The number of hydrogen-bond donors (Lipinski definition) is 1. The number of likely N-dealkylation sites (tertiary alicyclic amines) is 1. The van der Waals surface area contributed by atoms with Crippen LogP contribution in [0.3, 0.4) is 0 Å². The minimum Gasteiger partial charge on any atom is -0.481 e. The maximum absolute atomic E-state index is 13.9. The zero-order chi connectivity index (χ0) is 15.7. The number of halogens is 3. The molecule has 0 aromatic heterocycles. The molecular formula is C14H14ClF2NO3. The van der Waals surface area contributed by atoms with Gasteiger partial charge in [0.25, 0.3) is 5.91 Å². The molecule has 1 aromatic rings. The zero-order valence-electron chi connectivity index (χ0n) is 11.3. The van der Waals surface area contributed by atoms with Crippen molar-refractivity contribution in [1.82, 2.24) is 4.90 Å². The second kappa shape index (κ2) is 5.97. The minimum absolute atomic E-state index is 0.00374. The van der Waals surface area contributed by atoms with E-state index in [9.17, 15) is 18.4 Å². The summed E-state index contributed by atoms with van der Waals surface area (Å²) in [6.07, 6.45) is 0.978. The molecule has 1 aromatic carbocycles. The minimum atomic E-state index is -1.12. The van der Waals surface area contributed by atoms with E-state index in [0.29, 0.717) is 12.8 Å². The van der Waals surface area contributed by atoms with Crippen LogP contribution in [-0.4, -0.2) is 34.5 Å². The molecule has 114 valence electrons. The van der Waals surface area contributed by atoms with Crippen LogP contribution in [0.5, 0.6) is 0 Å². The first-order valence-electron chi connectivity index (χ1n) is 6.50. The average molecular weight is 318 g/mol. The summed E-state index contributed by atoms with van der Waals surface area (Å²) in [6, 6.07) is 1.73. The van der Waals surface area contributed by atoms with Gasteiger partial charge in [-0.25, -0.2) is 8.78 Å². The largest absolute Gasteiger partial charge is 0.481 e. The van der Waals surface area contributed by atoms with Crippen molar-refractivity contribution in [3.63, 3.8) is 0 Å². The molecule has 1 aliphatic heterocycles. The van der Waals surface area contributed by atoms with Crippen LogP contribution in [0.2, 0.25) is 5.02 Å². The van der Waals surface area contributed by atoms with Crippen LogP contribution in [0.25, 0.3) is 0 Å². The lowest BCUT2D eigenvalue weighted by Crippen LogP contribution is -2.47. The molecule has 2 unspecified atom stereocenters. The second-order valence-corrected chi connectivity index (χ2v) is 5.52. The predicted molar refractivity (Wildman–Crippen MR) is 72.2 cm³/mol. The van der Waals surface area contributed by atoms with Gasteiger partial charge in [-0.05, 0) is 31.9 Å². The number of aliphatic carboxylic acids is 1. The van der Waals surface area contributed by atoms with Gasteiger partial charge in [0.05, 0.1) is 11.5 Å². The quantitative estimate of drug-likeness (QED) is 0.853. The van der Waals surface area contributed by atoms with Crippen molar-refractivity contribution < 1.29 is 23.5 Å². The third-order valence-electron chi connectivity index (χ3n) is 3.76. The molecule has 2 rings (SSSR count). The molecule has 1 heterocycles. The summed E-state index contributed by atoms with van der Waals surface area (Å²) in [4.78, 5) is 24.7. The molecule has 7 heteroatoms. The fraction of sp³-hybridized carbons (Fsp3) is 0.429. The highest BCUT2D eigenvalue weighted by molar-refractivity contribution is 6.31. The Kier molecular flexibility index (Phi) is 4.46. The van der Waals surface area contributed by atoms with Crippen molar-refractivity contribution in [3.8, 4) is 0 Å². The summed E-state index contributed by atoms with van der Waals surface area (Å²) in [5.41, 5.74) is -0.348. The van der Waals surface area contributed by atoms with E-state index in [1.807, 2.05) is 0 Å². The van der Waals surface area contributed by atoms with Gasteiger partial charge in [0, 0.05) is 12.6 Å². The molecule has 2 atom stereocenters. The van der Waals surface area contributed by atoms with Crippen molar-refractivity contribution in [2.45, 2.75) is 25.8 Å². The first-order valence-corrected chi connectivity index (χ1v) is 6.88. The summed E-state index contributed by atoms with van der Waals surface area (Å²) < 4.78 is 27.1. The first-order chi connectivity index (χ1) is 9.82. The van der Waals surface area contributed by atoms with Gasteiger partial charge in [-0.2, -0.15) is 0 Å². The Morgan fingerprint density at radius 1 is 1.33 bits per heavy atom. The van der Waals surface area contributed by atoms with Crippen molar-refractivity contribution in [2.24, 2.45) is 5.92 Å². The smallest absolute Gasteiger partial charge is 0.308 e. The van der Waals surface area contributed by atoms with Gasteiger partial charge < -0.3 is 10.0 Å². The Labute approximate surface area is 125 Å². The maximum Gasteiger partial charge on any atom is 0.308 e. The van der Waals surface area contributed by atoms with E-state index >= 15 is 0 Å². The van der Waals surface area contributed by atoms with E-state index < -0.39 is 34.5 Å². The lowest BCUT2D eigenvalue weighted by atomic mass is 9.93. The lowest BCUT2D eigenvalue weighted by molar-refractivity contribution is -0.143. The van der Waals surface area contributed by atoms with Crippen molar-refractivity contribution >= 4 is 23.5 Å². The van der Waals surface area contributed by atoms with Crippen molar-refractivity contribution in [2.75, 3.05) is 6.54 Å². The number of carboxylic acid groups (broad SMARTS) is 1. The van der Waals surface area contributed by atoms with Crippen LogP contribution in [0, 0.1) is 17.6 Å². The number of carboxylic acids is 1. The van der Waals surface area contributed by atoms with E-state index in [4.69, 9.17) is 16.7 Å². The molecule has 0 spiro atoms. The van der Waals surface area contributed by atoms with Gasteiger partial charge in [0.1, 0.15) is 10.8 Å². The van der Waals surface area contributed by atoms with Gasteiger partial charge in [-0.1, -0.05) is 11.6 Å². The summed E-state index contributed by atoms with van der Waals surface area (Å²) in [5, 5.41) is 8.31. The van der Waals surface area contributed by atoms with Crippen LogP contribution in [-0.2, 0) is 4.79 Å². The SMILES string of the molecule is CC1CCC(C(=O)O)CN1C(=O)c1ccc(F)c(Cl)c1F. The topological polar surface area (TPSA) is 57.6 Å². The highest BCUT2D eigenvalue weighted by Crippen LogP contribution is 2.27. The molecule has 0 aliphatic carbocycles. The number of benzene rings is 1. The molecular weight excluding hydrogens is 304 g/mol. The molecule has 1 fully saturated rings. The van der Waals surface area contributed by atoms with E-state index in [-0.39, 0.29) is 18.2 Å². The number of carbonyl (C=O) groups is 2. The van der Waals surface area contributed by atoms with Gasteiger partial charge in [-0.15, -0.1) is 0 Å². The predicted octanol–water partition coefficient (Wildman–Crippen LogP) is 2.94. The number of piperidine rings is 1. The standard InChI is InChI=1S/C14H14ClF2NO3/c1-7-2-3-8(14(20)21)6-18(7)13(19)9-4-5-10(16)11(15)12(9)17/h4-5,7-8H,2-3,6H2,1H3,(H,20,21). The van der Waals surface area contributed by atoms with Gasteiger partial charge in [-0.3, -0.25) is 9.59 Å². The molecule has 1 aliphatic rings. The normalized spacial score (nSPS) is 22.2. The fourth-order valence-electron chi connectivity index (χ4n) is 2.44. The number of amides is 1. The van der Waals surface area contributed by atoms with Crippen LogP contribution >= 0.6 is 11.6 Å². The molecule has 0 radical (unpaired) electrons. The first kappa shape index (κ1) is 15.7. The van der Waals surface area contributed by atoms with Crippen molar-refractivity contribution in [3.05, 3.63) is 34.4 Å². The monoisotopic (exact) mass is 317 g/mol. The summed E-state index contributed by atoms with van der Waals surface area (Å²) in [6.45, 7) is 1.77. The Morgan fingerprint density at radius 2 is 2.00 bits per heavy atom. The fourth-order valence-corrected chi connectivity index (χ4v) is 2.60. The molecule has 1 amide bonds. The van der Waals surface area contributed by atoms with E-state index in [1.54, 1.807) is 6.92 Å². The summed E-state index contributed by atoms with van der Waals surface area (Å²) in [7, 11) is 0. The number of nitrogens with zero attached hydrogens (tertiary/aromatic N) is 1. The Bertz CT molecular complexity index is 594. The molecule has 4 nitrogen and oxygen atoms in total. The number of rotatable bonds is 2. The Balaban J connectivity index is 2.30. The average Bonchev–Trinajstić information content (AvgIpc) is 2.44. The second-order valence-electron chi connectivity index (χ2n) is 5.14. The Hall–Kier alpha value is -1.69.